The number of nitrogens with zero attached hydrogens (tertiary/aromatic N) is 2. The molecule has 0 aromatic carbocycles. The van der Waals surface area contributed by atoms with Gasteiger partial charge in [-0.1, -0.05) is 0 Å². The van der Waals surface area contributed by atoms with Crippen LogP contribution in [-0.4, -0.2) is 13.9 Å². The molecule has 0 atom stereocenters. The van der Waals surface area contributed by atoms with Gasteiger partial charge in [0.15, 0.2) is 0 Å². The smallest absolute Gasteiger partial charge is 0.339 e. The molecule has 0 saturated carbocycles. The molecule has 0 radical (unpaired) electrons. The van der Waals surface area contributed by atoms with E-state index in [1.807, 2.05) is 0 Å². The Balaban J connectivity index is 2.90. The van der Waals surface area contributed by atoms with E-state index >= 15 is 0 Å². The number of alkyl halides is 3. The number of ether oxygens (including phenoxy) is 1. The molecule has 0 unspecified atom stereocenters. The van der Waals surface area contributed by atoms with Gasteiger partial charge in [0.2, 0.25) is 5.88 Å². The first-order valence-corrected chi connectivity index (χ1v) is 4.58. The van der Waals surface area contributed by atoms with Crippen LogP contribution in [0.15, 0.2) is 6.07 Å². The molecule has 0 bridgehead atoms. The molecule has 1 aromatic rings. The summed E-state index contributed by atoms with van der Waals surface area (Å²) in [5.41, 5.74) is 0.761. The van der Waals surface area contributed by atoms with Crippen molar-refractivity contribution in [3.05, 3.63) is 17.6 Å². The lowest BCUT2D eigenvalue weighted by molar-refractivity contribution is 0.305. The van der Waals surface area contributed by atoms with E-state index in [4.69, 9.17) is 39.5 Å². The summed E-state index contributed by atoms with van der Waals surface area (Å²) in [5.74, 6) is 0.828. The molecular weight excluding hydrogens is 234 g/mol. The van der Waals surface area contributed by atoms with Crippen LogP contribution in [0.25, 0.3) is 0 Å². The van der Waals surface area contributed by atoms with Crippen LogP contribution < -0.4 is 4.74 Å². The highest BCUT2D eigenvalue weighted by atomic mass is 35.6. The molecule has 0 aliphatic carbocycles. The molecule has 0 fully saturated rings. The van der Waals surface area contributed by atoms with Crippen molar-refractivity contribution in [2.24, 2.45) is 0 Å². The summed E-state index contributed by atoms with van der Waals surface area (Å²) in [6.07, 6.45) is 0. The second-order valence-corrected chi connectivity index (χ2v) is 4.62. The second kappa shape index (κ2) is 3.86. The third-order valence-electron chi connectivity index (χ3n) is 1.16. The maximum atomic E-state index is 5.42. The molecule has 72 valence electrons. The van der Waals surface area contributed by atoms with Gasteiger partial charge in [-0.05, 0) is 48.7 Å². The zero-order chi connectivity index (χ0) is 10.1. The lowest BCUT2D eigenvalue weighted by Gasteiger charge is -2.12. The number of aromatic nitrogens is 2. The Morgan fingerprint density at radius 3 is 2.31 bits per heavy atom. The molecular formula is C7H7Cl3N2O. The summed E-state index contributed by atoms with van der Waals surface area (Å²) in [7, 11) is 0. The Bertz CT molecular complexity index is 291. The number of halogens is 3. The first-order valence-electron chi connectivity index (χ1n) is 3.45. The Hall–Kier alpha value is -0.250. The average molecular weight is 242 g/mol. The molecule has 0 spiro atoms. The Morgan fingerprint density at radius 2 is 1.85 bits per heavy atom. The van der Waals surface area contributed by atoms with Crippen LogP contribution in [0.1, 0.15) is 11.5 Å². The Labute approximate surface area is 91.0 Å². The minimum Gasteiger partial charge on any atom is -0.428 e. The van der Waals surface area contributed by atoms with Crippen molar-refractivity contribution in [1.82, 2.24) is 9.97 Å². The third kappa shape index (κ3) is 3.98. The summed E-state index contributed by atoms with van der Waals surface area (Å²) in [4.78, 5) is 7.98. The quantitative estimate of drug-likeness (QED) is 0.709. The highest BCUT2D eigenvalue weighted by Gasteiger charge is 2.22. The van der Waals surface area contributed by atoms with Crippen LogP contribution >= 0.6 is 34.8 Å². The fraction of sp³-hybridized carbons (Fsp3) is 0.429. The van der Waals surface area contributed by atoms with Gasteiger partial charge in [-0.3, -0.25) is 0 Å². The summed E-state index contributed by atoms with van der Waals surface area (Å²) in [6, 6.07) is 1.59. The minimum atomic E-state index is -1.78. The molecule has 13 heavy (non-hydrogen) atoms. The van der Waals surface area contributed by atoms with Gasteiger partial charge in [0, 0.05) is 11.8 Å². The fourth-order valence-electron chi connectivity index (χ4n) is 0.854. The van der Waals surface area contributed by atoms with E-state index in [1.165, 1.54) is 0 Å². The third-order valence-corrected chi connectivity index (χ3v) is 1.39. The highest BCUT2D eigenvalue weighted by Crippen LogP contribution is 2.28. The van der Waals surface area contributed by atoms with Crippen LogP contribution in [0.4, 0.5) is 0 Å². The normalized spacial score (nSPS) is 11.5. The molecule has 1 aromatic heterocycles. The summed E-state index contributed by atoms with van der Waals surface area (Å²) < 4.78 is 3.12. The molecule has 1 rings (SSSR count). The van der Waals surface area contributed by atoms with Crippen molar-refractivity contribution in [3.63, 3.8) is 0 Å². The van der Waals surface area contributed by atoms with Crippen LogP contribution in [-0.2, 0) is 0 Å². The SMILES string of the molecule is Cc1cc(OC(Cl)(Cl)Cl)nc(C)n1. The zero-order valence-electron chi connectivity index (χ0n) is 7.01. The van der Waals surface area contributed by atoms with Crippen molar-refractivity contribution in [3.8, 4) is 5.88 Å². The topological polar surface area (TPSA) is 35.0 Å². The van der Waals surface area contributed by atoms with Crippen molar-refractivity contribution in [2.75, 3.05) is 0 Å². The monoisotopic (exact) mass is 240 g/mol. The van der Waals surface area contributed by atoms with Crippen LogP contribution in [0, 0.1) is 13.8 Å². The van der Waals surface area contributed by atoms with Crippen LogP contribution in [0.5, 0.6) is 5.88 Å². The van der Waals surface area contributed by atoms with E-state index in [1.54, 1.807) is 19.9 Å². The minimum absolute atomic E-state index is 0.255. The van der Waals surface area contributed by atoms with Crippen LogP contribution in [0.2, 0.25) is 0 Å². The first-order chi connectivity index (χ1) is 5.87. The molecule has 1 heterocycles. The van der Waals surface area contributed by atoms with Crippen LogP contribution in [0.3, 0.4) is 0 Å². The lowest BCUT2D eigenvalue weighted by atomic mass is 10.4. The predicted molar refractivity (Wildman–Crippen MR) is 52.4 cm³/mol. The number of aryl methyl sites for hydroxylation is 2. The van der Waals surface area contributed by atoms with Crippen molar-refractivity contribution in [1.29, 1.82) is 0 Å². The molecule has 6 heteroatoms. The maximum absolute atomic E-state index is 5.42. The van der Waals surface area contributed by atoms with Crippen molar-refractivity contribution in [2.45, 2.75) is 17.8 Å². The van der Waals surface area contributed by atoms with Gasteiger partial charge >= 0.3 is 3.98 Å². The van der Waals surface area contributed by atoms with Gasteiger partial charge in [-0.15, -0.1) is 0 Å². The molecule has 0 aliphatic heterocycles. The van der Waals surface area contributed by atoms with E-state index in [2.05, 4.69) is 9.97 Å². The molecule has 0 N–H and O–H groups in total. The lowest BCUT2D eigenvalue weighted by Crippen LogP contribution is -2.14. The predicted octanol–water partition coefficient (Wildman–Crippen LogP) is 2.80. The number of hydrogen-bond acceptors (Lipinski definition) is 3. The van der Waals surface area contributed by atoms with E-state index in [9.17, 15) is 0 Å². The first kappa shape index (κ1) is 10.8. The maximum Gasteiger partial charge on any atom is 0.339 e. The largest absolute Gasteiger partial charge is 0.428 e. The molecule has 0 aliphatic rings. The van der Waals surface area contributed by atoms with Gasteiger partial charge in [0.05, 0.1) is 0 Å². The summed E-state index contributed by atoms with van der Waals surface area (Å²) in [5, 5.41) is 0. The van der Waals surface area contributed by atoms with E-state index in [0.717, 1.165) is 5.69 Å². The van der Waals surface area contributed by atoms with E-state index in [-0.39, 0.29) is 5.88 Å². The standard InChI is InChI=1S/C7H7Cl3N2O/c1-4-3-6(12-5(2)11-4)13-7(8,9)10/h3H,1-2H3. The van der Waals surface area contributed by atoms with Gasteiger partial charge < -0.3 is 4.74 Å². The summed E-state index contributed by atoms with van der Waals surface area (Å²) >= 11 is 16.3. The van der Waals surface area contributed by atoms with Gasteiger partial charge in [-0.25, -0.2) is 4.98 Å². The Morgan fingerprint density at radius 1 is 1.23 bits per heavy atom. The molecule has 0 saturated heterocycles. The van der Waals surface area contributed by atoms with Gasteiger partial charge in [0.1, 0.15) is 5.82 Å². The van der Waals surface area contributed by atoms with E-state index in [0.29, 0.717) is 5.82 Å². The van der Waals surface area contributed by atoms with Crippen molar-refractivity contribution < 1.29 is 4.74 Å². The van der Waals surface area contributed by atoms with Crippen molar-refractivity contribution >= 4 is 34.8 Å². The molecule has 0 amide bonds. The van der Waals surface area contributed by atoms with Gasteiger partial charge in [-0.2, -0.15) is 4.98 Å². The Kier molecular flexibility index (Phi) is 3.22. The summed E-state index contributed by atoms with van der Waals surface area (Å²) in [6.45, 7) is 3.54. The average Bonchev–Trinajstić information content (AvgIpc) is 1.78. The number of rotatable bonds is 1. The highest BCUT2D eigenvalue weighted by molar-refractivity contribution is 6.66. The second-order valence-electron chi connectivity index (χ2n) is 2.44. The fourth-order valence-corrected chi connectivity index (χ4v) is 1.09. The molecule has 3 nitrogen and oxygen atoms in total. The van der Waals surface area contributed by atoms with E-state index < -0.39 is 3.98 Å². The number of hydrogen-bond donors (Lipinski definition) is 0. The zero-order valence-corrected chi connectivity index (χ0v) is 9.28. The van der Waals surface area contributed by atoms with Gasteiger partial charge in [0.25, 0.3) is 0 Å².